The zero-order valence-corrected chi connectivity index (χ0v) is 17.4. The Kier molecular flexibility index (Phi) is 6.80. The van der Waals surface area contributed by atoms with Gasteiger partial charge < -0.3 is 14.8 Å². The van der Waals surface area contributed by atoms with Crippen LogP contribution in [0.5, 0.6) is 5.75 Å². The van der Waals surface area contributed by atoms with Gasteiger partial charge in [0.2, 0.25) is 5.91 Å². The number of anilines is 1. The van der Waals surface area contributed by atoms with Crippen LogP contribution in [-0.2, 0) is 9.53 Å². The molecule has 0 unspecified atom stereocenters. The fraction of sp³-hybridized carbons (Fsp3) is 0.333. The first kappa shape index (κ1) is 20.7. The van der Waals surface area contributed by atoms with Gasteiger partial charge >= 0.3 is 5.97 Å². The van der Waals surface area contributed by atoms with Gasteiger partial charge in [-0.25, -0.2) is 4.79 Å². The van der Waals surface area contributed by atoms with E-state index in [2.05, 4.69) is 5.32 Å². The fourth-order valence-electron chi connectivity index (χ4n) is 2.79. The minimum atomic E-state index is -0.416. The number of amides is 1. The van der Waals surface area contributed by atoms with Crippen LogP contribution in [0.4, 0.5) is 5.00 Å². The van der Waals surface area contributed by atoms with Crippen LogP contribution in [-0.4, -0.2) is 25.6 Å². The number of benzene rings is 1. The molecule has 0 fully saturated rings. The lowest BCUT2D eigenvalue weighted by molar-refractivity contribution is -0.111. The van der Waals surface area contributed by atoms with Crippen molar-refractivity contribution in [1.82, 2.24) is 0 Å². The number of nitrogens with one attached hydrogen (secondary N) is 1. The highest BCUT2D eigenvalue weighted by Gasteiger charge is 2.21. The lowest BCUT2D eigenvalue weighted by Gasteiger charge is -2.09. The minimum Gasteiger partial charge on any atom is -0.497 e. The molecule has 0 aliphatic heterocycles. The Bertz CT molecular complexity index is 873. The molecule has 0 saturated heterocycles. The molecule has 0 bridgehead atoms. The molecule has 2 aromatic rings. The molecule has 1 amide bonds. The first-order valence-electron chi connectivity index (χ1n) is 8.69. The van der Waals surface area contributed by atoms with E-state index in [1.165, 1.54) is 17.4 Å². The number of aryl methyl sites for hydroxylation is 3. The molecule has 0 radical (unpaired) electrons. The van der Waals surface area contributed by atoms with Crippen molar-refractivity contribution in [2.75, 3.05) is 19.0 Å². The number of thiophene rings is 1. The van der Waals surface area contributed by atoms with Crippen LogP contribution in [0, 0.1) is 27.7 Å². The number of ether oxygens (including phenoxy) is 2. The molecule has 0 aliphatic carbocycles. The Labute approximate surface area is 164 Å². The van der Waals surface area contributed by atoms with Crippen molar-refractivity contribution in [3.8, 4) is 5.75 Å². The minimum absolute atomic E-state index is 0.288. The summed E-state index contributed by atoms with van der Waals surface area (Å²) in [5.41, 5.74) is 4.27. The second-order valence-electron chi connectivity index (χ2n) is 6.21. The second-order valence-corrected chi connectivity index (χ2v) is 7.43. The smallest absolute Gasteiger partial charge is 0.341 e. The zero-order valence-electron chi connectivity index (χ0n) is 16.6. The largest absolute Gasteiger partial charge is 0.497 e. The van der Waals surface area contributed by atoms with Gasteiger partial charge in [-0.2, -0.15) is 0 Å². The molecule has 2 rings (SSSR count). The van der Waals surface area contributed by atoms with E-state index in [9.17, 15) is 9.59 Å². The Morgan fingerprint density at radius 3 is 2.33 bits per heavy atom. The second kappa shape index (κ2) is 8.86. The topological polar surface area (TPSA) is 64.6 Å². The summed E-state index contributed by atoms with van der Waals surface area (Å²) >= 11 is 1.37. The fourth-order valence-corrected chi connectivity index (χ4v) is 3.84. The quantitative estimate of drug-likeness (QED) is 0.570. The maximum absolute atomic E-state index is 12.4. The van der Waals surface area contributed by atoms with Gasteiger partial charge in [-0.05, 0) is 75.1 Å². The number of hydrogen-bond acceptors (Lipinski definition) is 5. The molecule has 27 heavy (non-hydrogen) atoms. The van der Waals surface area contributed by atoms with Crippen LogP contribution in [0.15, 0.2) is 18.2 Å². The van der Waals surface area contributed by atoms with Crippen molar-refractivity contribution in [2.45, 2.75) is 34.6 Å². The van der Waals surface area contributed by atoms with Crippen molar-refractivity contribution in [1.29, 1.82) is 0 Å². The summed E-state index contributed by atoms with van der Waals surface area (Å²) in [5, 5.41) is 3.33. The van der Waals surface area contributed by atoms with E-state index >= 15 is 0 Å². The van der Waals surface area contributed by atoms with Crippen LogP contribution < -0.4 is 10.1 Å². The van der Waals surface area contributed by atoms with Crippen molar-refractivity contribution in [3.05, 3.63) is 50.9 Å². The van der Waals surface area contributed by atoms with Gasteiger partial charge in [0, 0.05) is 11.0 Å². The van der Waals surface area contributed by atoms with Crippen LogP contribution in [0.3, 0.4) is 0 Å². The number of methoxy groups -OCH3 is 1. The highest BCUT2D eigenvalue weighted by molar-refractivity contribution is 7.16. The third-order valence-corrected chi connectivity index (χ3v) is 5.43. The van der Waals surface area contributed by atoms with E-state index in [4.69, 9.17) is 9.47 Å². The molecule has 0 atom stereocenters. The Morgan fingerprint density at radius 1 is 1.15 bits per heavy atom. The Hall–Kier alpha value is -2.60. The van der Waals surface area contributed by atoms with E-state index in [0.717, 1.165) is 32.9 Å². The lowest BCUT2D eigenvalue weighted by atomic mass is 10.0. The molecule has 0 spiro atoms. The summed E-state index contributed by atoms with van der Waals surface area (Å²) in [4.78, 5) is 25.6. The number of rotatable bonds is 6. The van der Waals surface area contributed by atoms with Crippen molar-refractivity contribution < 1.29 is 19.1 Å². The zero-order chi connectivity index (χ0) is 20.1. The third-order valence-electron chi connectivity index (χ3n) is 4.31. The van der Waals surface area contributed by atoms with Crippen LogP contribution in [0.25, 0.3) is 6.08 Å². The van der Waals surface area contributed by atoms with Gasteiger partial charge in [-0.3, -0.25) is 4.79 Å². The molecule has 5 nitrogen and oxygen atoms in total. The highest BCUT2D eigenvalue weighted by atomic mass is 32.1. The van der Waals surface area contributed by atoms with E-state index < -0.39 is 5.97 Å². The Balaban J connectivity index is 2.23. The summed E-state index contributed by atoms with van der Waals surface area (Å²) in [7, 11) is 1.63. The van der Waals surface area contributed by atoms with Gasteiger partial charge in [-0.1, -0.05) is 0 Å². The third kappa shape index (κ3) is 4.77. The van der Waals surface area contributed by atoms with Crippen molar-refractivity contribution >= 4 is 34.3 Å². The molecule has 0 aliphatic rings. The normalized spacial score (nSPS) is 10.9. The van der Waals surface area contributed by atoms with Gasteiger partial charge in [0.15, 0.2) is 0 Å². The SMILES string of the molecule is CCOC(=O)c1c(NC(=O)/C=C/c2c(C)cc(OC)cc2C)sc(C)c1C. The lowest BCUT2D eigenvalue weighted by Crippen LogP contribution is -2.12. The molecular weight excluding hydrogens is 362 g/mol. The monoisotopic (exact) mass is 387 g/mol. The molecule has 144 valence electrons. The van der Waals surface area contributed by atoms with Crippen LogP contribution >= 0.6 is 11.3 Å². The van der Waals surface area contributed by atoms with Crippen molar-refractivity contribution in [3.63, 3.8) is 0 Å². The first-order valence-corrected chi connectivity index (χ1v) is 9.51. The number of carbonyl (C=O) groups excluding carboxylic acids is 2. The summed E-state index contributed by atoms with van der Waals surface area (Å²) in [6.07, 6.45) is 3.25. The Morgan fingerprint density at radius 2 is 1.78 bits per heavy atom. The number of carbonyl (C=O) groups is 2. The standard InChI is InChI=1S/C21H25NO4S/c1-7-26-21(24)19-14(4)15(5)27-20(19)22-18(23)9-8-17-12(2)10-16(25-6)11-13(17)3/h8-11H,7H2,1-6H3,(H,22,23)/b9-8+. The summed E-state index contributed by atoms with van der Waals surface area (Å²) < 4.78 is 10.4. The maximum Gasteiger partial charge on any atom is 0.341 e. The molecule has 1 aromatic carbocycles. The summed E-state index contributed by atoms with van der Waals surface area (Å²) in [6, 6.07) is 3.85. The maximum atomic E-state index is 12.4. The van der Waals surface area contributed by atoms with E-state index in [1.807, 2.05) is 39.8 Å². The number of hydrogen-bond donors (Lipinski definition) is 1. The van der Waals surface area contributed by atoms with Crippen LogP contribution in [0.2, 0.25) is 0 Å². The summed E-state index contributed by atoms with van der Waals surface area (Å²) in [5.74, 6) is 0.0760. The van der Waals surface area contributed by atoms with Gasteiger partial charge in [0.25, 0.3) is 0 Å². The predicted octanol–water partition coefficient (Wildman–Crippen LogP) is 4.82. The van der Waals surface area contributed by atoms with E-state index in [0.29, 0.717) is 10.6 Å². The summed E-state index contributed by atoms with van der Waals surface area (Å²) in [6.45, 7) is 9.76. The predicted molar refractivity (Wildman–Crippen MR) is 110 cm³/mol. The average molecular weight is 388 g/mol. The van der Waals surface area contributed by atoms with Gasteiger partial charge in [0.1, 0.15) is 10.8 Å². The highest BCUT2D eigenvalue weighted by Crippen LogP contribution is 2.33. The average Bonchev–Trinajstić information content (AvgIpc) is 2.87. The van der Waals surface area contributed by atoms with Gasteiger partial charge in [-0.15, -0.1) is 11.3 Å². The molecule has 0 saturated carbocycles. The van der Waals surface area contributed by atoms with E-state index in [-0.39, 0.29) is 12.5 Å². The van der Waals surface area contributed by atoms with E-state index in [1.54, 1.807) is 20.1 Å². The van der Waals surface area contributed by atoms with Crippen LogP contribution in [0.1, 0.15) is 44.4 Å². The molecule has 1 heterocycles. The van der Waals surface area contributed by atoms with Gasteiger partial charge in [0.05, 0.1) is 19.3 Å². The molecule has 6 heteroatoms. The molecular formula is C21H25NO4S. The first-order chi connectivity index (χ1) is 12.8. The molecule has 1 N–H and O–H groups in total. The molecule has 1 aromatic heterocycles. The number of esters is 1. The van der Waals surface area contributed by atoms with Crippen molar-refractivity contribution in [2.24, 2.45) is 0 Å².